The fourth-order valence-electron chi connectivity index (χ4n) is 4.76. The summed E-state index contributed by atoms with van der Waals surface area (Å²) in [5.74, 6) is 1.98. The van der Waals surface area contributed by atoms with Gasteiger partial charge in [0, 0.05) is 58.4 Å². The van der Waals surface area contributed by atoms with Crippen molar-refractivity contribution in [1.82, 2.24) is 19.9 Å². The second-order valence-corrected chi connectivity index (χ2v) is 12.6. The van der Waals surface area contributed by atoms with E-state index >= 15 is 0 Å². The van der Waals surface area contributed by atoms with Gasteiger partial charge in [0.15, 0.2) is 0 Å². The van der Waals surface area contributed by atoms with Gasteiger partial charge < -0.3 is 40.2 Å². The zero-order valence-electron chi connectivity index (χ0n) is 30.7. The van der Waals surface area contributed by atoms with Crippen molar-refractivity contribution in [3.63, 3.8) is 0 Å². The summed E-state index contributed by atoms with van der Waals surface area (Å²) < 4.78 is 92.2. The Hall–Kier alpha value is -6.40. The highest BCUT2D eigenvalue weighted by Gasteiger charge is 2.33. The van der Waals surface area contributed by atoms with Crippen LogP contribution < -0.4 is 40.2 Å². The highest BCUT2D eigenvalue weighted by molar-refractivity contribution is 6.32. The first-order valence-electron chi connectivity index (χ1n) is 16.6. The monoisotopic (exact) mass is 848 g/mol. The topological polar surface area (TPSA) is 137 Å². The van der Waals surface area contributed by atoms with E-state index in [1.54, 1.807) is 39.6 Å². The molecule has 0 aliphatic rings. The third-order valence-corrected chi connectivity index (χ3v) is 8.03. The van der Waals surface area contributed by atoms with Crippen LogP contribution in [0.25, 0.3) is 0 Å². The molecule has 0 atom stereocenters. The maximum absolute atomic E-state index is 12.4. The summed E-state index contributed by atoms with van der Waals surface area (Å²) in [6.45, 7) is 3.63. The van der Waals surface area contributed by atoms with Crippen molar-refractivity contribution < 1.29 is 45.3 Å². The number of alkyl halides is 6. The molecule has 6 aromatic rings. The Labute approximate surface area is 337 Å². The number of aromatic nitrogens is 4. The van der Waals surface area contributed by atoms with Crippen LogP contribution in [0.3, 0.4) is 0 Å². The molecule has 4 aromatic carbocycles. The van der Waals surface area contributed by atoms with Crippen LogP contribution in [0.2, 0.25) is 10.0 Å². The fourth-order valence-corrected chi connectivity index (χ4v) is 5.20. The minimum absolute atomic E-state index is 0.186. The zero-order valence-corrected chi connectivity index (χ0v) is 32.2. The van der Waals surface area contributed by atoms with Crippen LogP contribution in [0.4, 0.5) is 72.6 Å². The van der Waals surface area contributed by atoms with Crippen LogP contribution in [-0.4, -0.2) is 46.9 Å². The molecule has 304 valence electrons. The summed E-state index contributed by atoms with van der Waals surface area (Å²) in [6, 6.07) is 22.2. The van der Waals surface area contributed by atoms with Gasteiger partial charge >= 0.3 is 12.7 Å². The first kappa shape index (κ1) is 42.7. The lowest BCUT2D eigenvalue weighted by Crippen LogP contribution is -2.17. The van der Waals surface area contributed by atoms with Crippen LogP contribution in [0.15, 0.2) is 97.3 Å². The van der Waals surface area contributed by atoms with Crippen molar-refractivity contribution in [2.75, 3.05) is 35.5 Å². The van der Waals surface area contributed by atoms with E-state index in [1.165, 1.54) is 24.3 Å². The summed E-state index contributed by atoms with van der Waals surface area (Å²) in [5.41, 5.74) is 3.88. The molecule has 0 aliphatic carbocycles. The summed E-state index contributed by atoms with van der Waals surface area (Å²) in [4.78, 5) is 17.2. The van der Waals surface area contributed by atoms with E-state index in [4.69, 9.17) is 32.7 Å². The highest BCUT2D eigenvalue weighted by atomic mass is 35.5. The number of nitrogens with one attached hydrogen (secondary N) is 4. The summed E-state index contributed by atoms with van der Waals surface area (Å²) in [7, 11) is 3.15. The van der Waals surface area contributed by atoms with E-state index < -0.39 is 24.2 Å². The molecule has 2 aromatic heterocycles. The number of hydrogen-bond acceptors (Lipinski definition) is 12. The normalized spacial score (nSPS) is 11.1. The van der Waals surface area contributed by atoms with E-state index in [-0.39, 0.29) is 16.0 Å². The van der Waals surface area contributed by atoms with Crippen molar-refractivity contribution >= 4 is 69.5 Å². The molecule has 2 heterocycles. The summed E-state index contributed by atoms with van der Waals surface area (Å²) >= 11 is 11.8. The third-order valence-electron chi connectivity index (χ3n) is 7.44. The number of anilines is 8. The molecule has 0 amide bonds. The number of rotatable bonds is 12. The lowest BCUT2D eigenvalue weighted by Gasteiger charge is -2.14. The molecule has 0 radical (unpaired) electrons. The SMILES string of the molecule is COc1cccc(Nc2nc(Nc3ccc(OC(F)(F)F)c(Cl)c3)ncc2C)c1.COc1cccc(Nc2ncc(C)c(Nc3ccc(OC(F)(F)F)c(Cl)c3)n2)c1. The van der Waals surface area contributed by atoms with Gasteiger partial charge in [-0.25, -0.2) is 9.97 Å². The predicted octanol–water partition coefficient (Wildman–Crippen LogP) is 11.7. The molecule has 6 rings (SSSR count). The molecule has 0 saturated heterocycles. The molecule has 58 heavy (non-hydrogen) atoms. The Morgan fingerprint density at radius 2 is 0.897 bits per heavy atom. The number of ether oxygens (including phenoxy) is 4. The Kier molecular flexibility index (Phi) is 13.8. The predicted molar refractivity (Wildman–Crippen MR) is 209 cm³/mol. The summed E-state index contributed by atoms with van der Waals surface area (Å²) in [6.07, 6.45) is -6.41. The minimum Gasteiger partial charge on any atom is -0.497 e. The van der Waals surface area contributed by atoms with Crippen LogP contribution in [-0.2, 0) is 0 Å². The molecule has 0 unspecified atom stereocenters. The number of methoxy groups -OCH3 is 2. The van der Waals surface area contributed by atoms with E-state index in [0.717, 1.165) is 34.6 Å². The Bertz CT molecular complexity index is 2350. The average molecular weight is 850 g/mol. The zero-order chi connectivity index (χ0) is 42.0. The number of hydrogen-bond donors (Lipinski definition) is 4. The molecule has 0 saturated carbocycles. The molecule has 0 aliphatic heterocycles. The van der Waals surface area contributed by atoms with Crippen molar-refractivity contribution in [1.29, 1.82) is 0 Å². The van der Waals surface area contributed by atoms with E-state index in [1.807, 2.05) is 49.4 Å². The Morgan fingerprint density at radius 1 is 0.517 bits per heavy atom. The van der Waals surface area contributed by atoms with Gasteiger partial charge in [0.2, 0.25) is 11.9 Å². The van der Waals surface area contributed by atoms with Gasteiger partial charge in [0.05, 0.1) is 24.3 Å². The lowest BCUT2D eigenvalue weighted by atomic mass is 10.2. The van der Waals surface area contributed by atoms with Crippen LogP contribution in [0.5, 0.6) is 23.0 Å². The smallest absolute Gasteiger partial charge is 0.497 e. The number of nitrogens with zero attached hydrogens (tertiary/aromatic N) is 4. The second-order valence-electron chi connectivity index (χ2n) is 11.8. The molecule has 0 bridgehead atoms. The maximum Gasteiger partial charge on any atom is 0.573 e. The van der Waals surface area contributed by atoms with Gasteiger partial charge in [0.25, 0.3) is 0 Å². The molecular formula is C38H32Cl2F6N8O4. The standard InChI is InChI=1S/2C19H16ClF3N4O2/c1-11-10-24-18(26-12-4-3-5-14(8-12)28-2)27-17(11)25-13-6-7-16(15(20)9-13)29-19(21,22)23;1-11-10-24-18(27-17(11)25-12-4-3-5-14(8-12)28-2)26-13-6-7-16(15(20)9-13)29-19(21,22)23/h2*3-10H,1-2H3,(H2,24,25,26,27). The largest absolute Gasteiger partial charge is 0.573 e. The maximum atomic E-state index is 12.4. The molecule has 20 heteroatoms. The van der Waals surface area contributed by atoms with Crippen LogP contribution in [0, 0.1) is 13.8 Å². The average Bonchev–Trinajstić information content (AvgIpc) is 3.16. The fraction of sp³-hybridized carbons (Fsp3) is 0.158. The van der Waals surface area contributed by atoms with Crippen molar-refractivity contribution in [3.8, 4) is 23.0 Å². The van der Waals surface area contributed by atoms with E-state index in [2.05, 4.69) is 50.7 Å². The van der Waals surface area contributed by atoms with Crippen molar-refractivity contribution in [3.05, 3.63) is 118 Å². The highest BCUT2D eigenvalue weighted by Crippen LogP contribution is 2.35. The quantitative estimate of drug-likeness (QED) is 0.0873. The first-order chi connectivity index (χ1) is 27.5. The molecule has 4 N–H and O–H groups in total. The molecule has 0 spiro atoms. The number of aryl methyl sites for hydroxylation is 2. The van der Waals surface area contributed by atoms with Crippen molar-refractivity contribution in [2.24, 2.45) is 0 Å². The second kappa shape index (κ2) is 18.7. The Balaban J connectivity index is 0.000000221. The molecular weight excluding hydrogens is 817 g/mol. The van der Waals surface area contributed by atoms with Gasteiger partial charge in [-0.2, -0.15) is 9.97 Å². The lowest BCUT2D eigenvalue weighted by molar-refractivity contribution is -0.275. The van der Waals surface area contributed by atoms with Gasteiger partial charge in [-0.15, -0.1) is 26.3 Å². The minimum atomic E-state index is -4.82. The van der Waals surface area contributed by atoms with Gasteiger partial charge in [0.1, 0.15) is 34.6 Å². The Morgan fingerprint density at radius 3 is 1.28 bits per heavy atom. The molecule has 0 fully saturated rings. The van der Waals surface area contributed by atoms with Gasteiger partial charge in [-0.3, -0.25) is 0 Å². The van der Waals surface area contributed by atoms with Crippen molar-refractivity contribution in [2.45, 2.75) is 26.6 Å². The van der Waals surface area contributed by atoms with E-state index in [9.17, 15) is 26.3 Å². The molecule has 12 nitrogen and oxygen atoms in total. The van der Waals surface area contributed by atoms with E-state index in [0.29, 0.717) is 40.5 Å². The van der Waals surface area contributed by atoms with Gasteiger partial charge in [-0.1, -0.05) is 35.3 Å². The number of benzene rings is 4. The van der Waals surface area contributed by atoms with Gasteiger partial charge in [-0.05, 0) is 74.5 Å². The third kappa shape index (κ3) is 12.8. The van der Waals surface area contributed by atoms with Crippen LogP contribution >= 0.6 is 23.2 Å². The number of halogens is 8. The van der Waals surface area contributed by atoms with Crippen LogP contribution in [0.1, 0.15) is 11.1 Å². The first-order valence-corrected chi connectivity index (χ1v) is 17.4. The summed E-state index contributed by atoms with van der Waals surface area (Å²) in [5, 5.41) is 11.8.